The third-order valence-electron chi connectivity index (χ3n) is 2.58. The second-order valence-electron chi connectivity index (χ2n) is 4.27. The van der Waals surface area contributed by atoms with Gasteiger partial charge in [-0.05, 0) is 30.5 Å². The van der Waals surface area contributed by atoms with Crippen LogP contribution in [0.1, 0.15) is 24.8 Å². The summed E-state index contributed by atoms with van der Waals surface area (Å²) in [7, 11) is 4.08. The molecule has 1 aromatic rings. The second-order valence-corrected chi connectivity index (χ2v) is 4.27. The average Bonchev–Trinajstić information content (AvgIpc) is 2.34. The summed E-state index contributed by atoms with van der Waals surface area (Å²) in [5.41, 5.74) is 2.43. The van der Waals surface area contributed by atoms with Crippen molar-refractivity contribution < 1.29 is 4.74 Å². The van der Waals surface area contributed by atoms with Crippen LogP contribution >= 0.6 is 0 Å². The van der Waals surface area contributed by atoms with Crippen molar-refractivity contribution in [1.29, 1.82) is 0 Å². The molecule has 1 aromatic carbocycles. The molecule has 0 aromatic heterocycles. The molecule has 17 heavy (non-hydrogen) atoms. The molecule has 2 nitrogen and oxygen atoms in total. The molecule has 1 rings (SSSR count). The van der Waals surface area contributed by atoms with Crippen LogP contribution in [-0.4, -0.2) is 20.7 Å². The monoisotopic (exact) mass is 231 g/mol. The van der Waals surface area contributed by atoms with Crippen molar-refractivity contribution >= 4 is 5.69 Å². The Kier molecular flexibility index (Phi) is 6.21. The molecule has 2 heteroatoms. The highest BCUT2D eigenvalue weighted by Crippen LogP contribution is 2.12. The van der Waals surface area contributed by atoms with Crippen molar-refractivity contribution in [2.45, 2.75) is 25.9 Å². The number of hydrogen-bond acceptors (Lipinski definition) is 2. The maximum atomic E-state index is 5.58. The van der Waals surface area contributed by atoms with Gasteiger partial charge >= 0.3 is 0 Å². The van der Waals surface area contributed by atoms with E-state index in [4.69, 9.17) is 11.2 Å². The van der Waals surface area contributed by atoms with Crippen molar-refractivity contribution in [1.82, 2.24) is 0 Å². The fraction of sp³-hybridized carbons (Fsp3) is 0.467. The van der Waals surface area contributed by atoms with Crippen molar-refractivity contribution in [3.8, 4) is 12.3 Å². The summed E-state index contributed by atoms with van der Waals surface area (Å²) in [4.78, 5) is 2.09. The standard InChI is InChI=1S/C15H21NO/c1-4-5-6-7-12-17-13-14-8-10-15(11-9-14)16(2)3/h1,8-11H,5-7,12-13H2,2-3H3. The van der Waals surface area contributed by atoms with E-state index >= 15 is 0 Å². The summed E-state index contributed by atoms with van der Waals surface area (Å²) in [5, 5.41) is 0. The first kappa shape index (κ1) is 13.6. The molecule has 0 spiro atoms. The Bertz CT molecular complexity index is 348. The molecule has 0 unspecified atom stereocenters. The highest BCUT2D eigenvalue weighted by Gasteiger charge is 1.96. The zero-order valence-electron chi connectivity index (χ0n) is 10.8. The fourth-order valence-corrected chi connectivity index (χ4v) is 1.51. The third-order valence-corrected chi connectivity index (χ3v) is 2.58. The van der Waals surface area contributed by atoms with Crippen LogP contribution in [0, 0.1) is 12.3 Å². The van der Waals surface area contributed by atoms with E-state index in [0.717, 1.165) is 25.9 Å². The molecule has 0 fully saturated rings. The molecule has 0 aliphatic carbocycles. The molecule has 0 N–H and O–H groups in total. The molecule has 0 heterocycles. The number of hydrogen-bond donors (Lipinski definition) is 0. The Labute approximate surface area is 105 Å². The van der Waals surface area contributed by atoms with Gasteiger partial charge in [0, 0.05) is 32.8 Å². The zero-order chi connectivity index (χ0) is 12.5. The first-order valence-corrected chi connectivity index (χ1v) is 6.01. The minimum absolute atomic E-state index is 0.684. The van der Waals surface area contributed by atoms with Gasteiger partial charge in [0.05, 0.1) is 6.61 Å². The lowest BCUT2D eigenvalue weighted by Gasteiger charge is -2.12. The second kappa shape index (κ2) is 7.76. The lowest BCUT2D eigenvalue weighted by molar-refractivity contribution is 0.117. The molecule has 0 saturated carbocycles. The number of benzene rings is 1. The van der Waals surface area contributed by atoms with E-state index < -0.39 is 0 Å². The number of unbranched alkanes of at least 4 members (excludes halogenated alkanes) is 2. The lowest BCUT2D eigenvalue weighted by atomic mass is 10.2. The maximum absolute atomic E-state index is 5.58. The van der Waals surface area contributed by atoms with Crippen molar-refractivity contribution in [3.05, 3.63) is 29.8 Å². The van der Waals surface area contributed by atoms with Crippen LogP contribution in [0.2, 0.25) is 0 Å². The van der Waals surface area contributed by atoms with E-state index in [1.165, 1.54) is 11.3 Å². The van der Waals surface area contributed by atoms with Gasteiger partial charge in [-0.1, -0.05) is 12.1 Å². The predicted molar refractivity (Wildman–Crippen MR) is 73.1 cm³/mol. The van der Waals surface area contributed by atoms with Crippen molar-refractivity contribution in [2.24, 2.45) is 0 Å². The summed E-state index contributed by atoms with van der Waals surface area (Å²) in [6, 6.07) is 8.43. The number of terminal acetylenes is 1. The molecular formula is C15H21NO. The SMILES string of the molecule is C#CCCCCOCc1ccc(N(C)C)cc1. The van der Waals surface area contributed by atoms with E-state index in [2.05, 4.69) is 35.1 Å². The molecule has 0 bridgehead atoms. The van der Waals surface area contributed by atoms with Gasteiger partial charge in [0.2, 0.25) is 0 Å². The van der Waals surface area contributed by atoms with Crippen LogP contribution in [0.3, 0.4) is 0 Å². The van der Waals surface area contributed by atoms with Gasteiger partial charge in [0.1, 0.15) is 0 Å². The Morgan fingerprint density at radius 1 is 1.18 bits per heavy atom. The maximum Gasteiger partial charge on any atom is 0.0716 e. The molecule has 0 atom stereocenters. The van der Waals surface area contributed by atoms with Gasteiger partial charge in [0.25, 0.3) is 0 Å². The smallest absolute Gasteiger partial charge is 0.0716 e. The Morgan fingerprint density at radius 3 is 2.47 bits per heavy atom. The fourth-order valence-electron chi connectivity index (χ4n) is 1.51. The lowest BCUT2D eigenvalue weighted by Crippen LogP contribution is -2.08. The van der Waals surface area contributed by atoms with E-state index in [9.17, 15) is 0 Å². The van der Waals surface area contributed by atoms with E-state index in [1.807, 2.05) is 14.1 Å². The van der Waals surface area contributed by atoms with Crippen LogP contribution in [0.15, 0.2) is 24.3 Å². The quantitative estimate of drug-likeness (QED) is 0.528. The normalized spacial score (nSPS) is 9.94. The highest BCUT2D eigenvalue weighted by atomic mass is 16.5. The van der Waals surface area contributed by atoms with Gasteiger partial charge in [-0.25, -0.2) is 0 Å². The Balaban J connectivity index is 2.21. The van der Waals surface area contributed by atoms with Crippen molar-refractivity contribution in [3.63, 3.8) is 0 Å². The first-order valence-electron chi connectivity index (χ1n) is 6.01. The molecule has 0 radical (unpaired) electrons. The largest absolute Gasteiger partial charge is 0.378 e. The summed E-state index contributed by atoms with van der Waals surface area (Å²) >= 11 is 0. The number of nitrogens with zero attached hydrogens (tertiary/aromatic N) is 1. The van der Waals surface area contributed by atoms with Gasteiger partial charge in [-0.15, -0.1) is 12.3 Å². The summed E-state index contributed by atoms with van der Waals surface area (Å²) < 4.78 is 5.58. The predicted octanol–water partition coefficient (Wildman–Crippen LogP) is 3.07. The summed E-state index contributed by atoms with van der Waals surface area (Å²) in [6.07, 6.45) is 8.12. The van der Waals surface area contributed by atoms with E-state index in [1.54, 1.807) is 0 Å². The zero-order valence-corrected chi connectivity index (χ0v) is 10.8. The minimum atomic E-state index is 0.684. The molecule has 0 aliphatic heterocycles. The average molecular weight is 231 g/mol. The van der Waals surface area contributed by atoms with Crippen LogP contribution in [0.4, 0.5) is 5.69 Å². The van der Waals surface area contributed by atoms with Gasteiger partial charge < -0.3 is 9.64 Å². The topological polar surface area (TPSA) is 12.5 Å². The highest BCUT2D eigenvalue weighted by molar-refractivity contribution is 5.45. The molecule has 0 amide bonds. The van der Waals surface area contributed by atoms with Gasteiger partial charge in [-0.2, -0.15) is 0 Å². The number of anilines is 1. The van der Waals surface area contributed by atoms with E-state index in [0.29, 0.717) is 6.61 Å². The Hall–Kier alpha value is -1.46. The van der Waals surface area contributed by atoms with Gasteiger partial charge in [-0.3, -0.25) is 0 Å². The molecule has 0 aliphatic rings. The first-order chi connectivity index (χ1) is 8.24. The van der Waals surface area contributed by atoms with Crippen molar-refractivity contribution in [2.75, 3.05) is 25.6 Å². The summed E-state index contributed by atoms with van der Waals surface area (Å²) in [6.45, 7) is 1.47. The van der Waals surface area contributed by atoms with E-state index in [-0.39, 0.29) is 0 Å². The third kappa shape index (κ3) is 5.42. The van der Waals surface area contributed by atoms with Crippen LogP contribution in [0.5, 0.6) is 0 Å². The van der Waals surface area contributed by atoms with Crippen LogP contribution < -0.4 is 4.90 Å². The summed E-state index contributed by atoms with van der Waals surface area (Å²) in [5.74, 6) is 2.63. The molecular weight excluding hydrogens is 210 g/mol. The molecule has 92 valence electrons. The Morgan fingerprint density at radius 2 is 1.88 bits per heavy atom. The van der Waals surface area contributed by atoms with Crippen LogP contribution in [-0.2, 0) is 11.3 Å². The minimum Gasteiger partial charge on any atom is -0.378 e. The molecule has 0 saturated heterocycles. The van der Waals surface area contributed by atoms with Gasteiger partial charge in [0.15, 0.2) is 0 Å². The number of rotatable bonds is 7. The van der Waals surface area contributed by atoms with Crippen LogP contribution in [0.25, 0.3) is 0 Å². The number of ether oxygens (including phenoxy) is 1.